The summed E-state index contributed by atoms with van der Waals surface area (Å²) < 4.78 is 0. The molecule has 1 aromatic rings. The maximum Gasteiger partial charge on any atom is 0.0937 e. The normalized spacial score (nSPS) is 23.1. The van der Waals surface area contributed by atoms with Gasteiger partial charge >= 0.3 is 0 Å². The molecule has 2 rings (SSSR count). The summed E-state index contributed by atoms with van der Waals surface area (Å²) >= 11 is 0. The van der Waals surface area contributed by atoms with Crippen LogP contribution in [0.15, 0.2) is 24.3 Å². The van der Waals surface area contributed by atoms with Crippen LogP contribution in [-0.4, -0.2) is 11.7 Å². The first-order valence-electron chi connectivity index (χ1n) is 5.65. The second-order valence-electron chi connectivity index (χ2n) is 4.34. The van der Waals surface area contributed by atoms with Gasteiger partial charge in [-0.25, -0.2) is 0 Å². The molecule has 16 heavy (non-hydrogen) atoms. The van der Waals surface area contributed by atoms with Crippen molar-refractivity contribution in [3.63, 3.8) is 0 Å². The van der Waals surface area contributed by atoms with E-state index in [-0.39, 0.29) is 0 Å². The molecule has 3 heteroatoms. The minimum atomic E-state index is -0.793. The molecule has 0 radical (unpaired) electrons. The minimum absolute atomic E-state index is 0.601. The van der Waals surface area contributed by atoms with Crippen molar-refractivity contribution in [2.75, 3.05) is 12.3 Å². The van der Waals surface area contributed by atoms with E-state index in [1.54, 1.807) is 0 Å². The van der Waals surface area contributed by atoms with Gasteiger partial charge in [0.15, 0.2) is 0 Å². The highest BCUT2D eigenvalue weighted by Gasteiger charge is 2.31. The second kappa shape index (κ2) is 4.28. The lowest BCUT2D eigenvalue weighted by atomic mass is 9.79. The van der Waals surface area contributed by atoms with Crippen molar-refractivity contribution in [1.29, 1.82) is 0 Å². The predicted molar refractivity (Wildman–Crippen MR) is 66.7 cm³/mol. The molecule has 1 atom stereocenters. The third-order valence-corrected chi connectivity index (χ3v) is 3.18. The molecule has 3 nitrogen and oxygen atoms in total. The summed E-state index contributed by atoms with van der Waals surface area (Å²) in [6, 6.07) is 5.70. The highest BCUT2D eigenvalue weighted by Crippen LogP contribution is 2.38. The quantitative estimate of drug-likeness (QED) is 0.675. The maximum absolute atomic E-state index is 10.6. The van der Waals surface area contributed by atoms with Crippen LogP contribution in [-0.2, 0) is 5.60 Å². The average Bonchev–Trinajstić information content (AvgIpc) is 2.28. The zero-order valence-corrected chi connectivity index (χ0v) is 9.32. The summed E-state index contributed by atoms with van der Waals surface area (Å²) in [6.45, 7) is 0.601. The second-order valence-corrected chi connectivity index (χ2v) is 4.34. The topological polar surface area (TPSA) is 72.3 Å². The van der Waals surface area contributed by atoms with Crippen molar-refractivity contribution in [2.45, 2.75) is 24.9 Å². The Morgan fingerprint density at radius 3 is 2.94 bits per heavy atom. The van der Waals surface area contributed by atoms with Crippen LogP contribution >= 0.6 is 0 Å². The van der Waals surface area contributed by atoms with E-state index in [4.69, 9.17) is 11.5 Å². The Kier molecular flexibility index (Phi) is 2.99. The lowest BCUT2D eigenvalue weighted by Gasteiger charge is -2.32. The van der Waals surface area contributed by atoms with Gasteiger partial charge in [-0.3, -0.25) is 0 Å². The van der Waals surface area contributed by atoms with E-state index in [2.05, 4.69) is 0 Å². The van der Waals surface area contributed by atoms with Crippen molar-refractivity contribution in [3.05, 3.63) is 35.4 Å². The van der Waals surface area contributed by atoms with Crippen LogP contribution in [0.3, 0.4) is 0 Å². The van der Waals surface area contributed by atoms with E-state index >= 15 is 0 Å². The molecule has 1 aliphatic rings. The summed E-state index contributed by atoms with van der Waals surface area (Å²) in [5.41, 5.74) is 13.2. The van der Waals surface area contributed by atoms with Crippen molar-refractivity contribution in [1.82, 2.24) is 0 Å². The number of hydrogen-bond donors (Lipinski definition) is 3. The lowest BCUT2D eigenvalue weighted by molar-refractivity contribution is 0.0278. The molecular weight excluding hydrogens is 200 g/mol. The molecule has 0 saturated heterocycles. The Balaban J connectivity index is 2.40. The van der Waals surface area contributed by atoms with Crippen LogP contribution in [0.4, 0.5) is 5.69 Å². The first-order valence-corrected chi connectivity index (χ1v) is 5.65. The van der Waals surface area contributed by atoms with Gasteiger partial charge in [0, 0.05) is 11.3 Å². The van der Waals surface area contributed by atoms with E-state index in [1.807, 2.05) is 30.4 Å². The Bertz CT molecular complexity index is 414. The van der Waals surface area contributed by atoms with Crippen LogP contribution in [0, 0.1) is 0 Å². The molecule has 5 N–H and O–H groups in total. The third kappa shape index (κ3) is 1.84. The fraction of sp³-hybridized carbons (Fsp3) is 0.385. The molecule has 0 amide bonds. The summed E-state index contributed by atoms with van der Waals surface area (Å²) in [5.74, 6) is 0. The first-order chi connectivity index (χ1) is 7.67. The standard InChI is InChI=1S/C13H18N2O/c14-9-3-8-13(16)7-2-4-10-11(13)5-1-6-12(10)15/h1-2,4-6,16H,3,7-9,14-15H2. The zero-order chi connectivity index (χ0) is 11.6. The molecule has 0 fully saturated rings. The summed E-state index contributed by atoms with van der Waals surface area (Å²) in [5, 5.41) is 10.6. The number of nitrogens with two attached hydrogens (primary N) is 2. The molecular formula is C13H18N2O. The molecule has 1 aliphatic carbocycles. The third-order valence-electron chi connectivity index (χ3n) is 3.18. The fourth-order valence-electron chi connectivity index (χ4n) is 2.29. The number of fused-ring (bicyclic) bond motifs is 1. The summed E-state index contributed by atoms with van der Waals surface area (Å²) in [4.78, 5) is 0. The molecule has 0 heterocycles. The summed E-state index contributed by atoms with van der Waals surface area (Å²) in [6.07, 6.45) is 6.11. The Hall–Kier alpha value is -1.32. The molecule has 0 aromatic heterocycles. The van der Waals surface area contributed by atoms with Gasteiger partial charge < -0.3 is 16.6 Å². The van der Waals surface area contributed by atoms with E-state index in [0.717, 1.165) is 23.2 Å². The van der Waals surface area contributed by atoms with Crippen molar-refractivity contribution in [3.8, 4) is 0 Å². The number of benzene rings is 1. The molecule has 0 bridgehead atoms. The van der Waals surface area contributed by atoms with Gasteiger partial charge in [-0.1, -0.05) is 24.3 Å². The monoisotopic (exact) mass is 218 g/mol. The number of rotatable bonds is 3. The molecule has 86 valence electrons. The van der Waals surface area contributed by atoms with E-state index in [0.29, 0.717) is 19.4 Å². The van der Waals surface area contributed by atoms with Crippen molar-refractivity contribution in [2.24, 2.45) is 5.73 Å². The zero-order valence-electron chi connectivity index (χ0n) is 9.32. The van der Waals surface area contributed by atoms with Gasteiger partial charge in [-0.15, -0.1) is 0 Å². The highest BCUT2D eigenvalue weighted by molar-refractivity contribution is 5.70. The number of nitrogen functional groups attached to an aromatic ring is 1. The Morgan fingerprint density at radius 1 is 1.38 bits per heavy atom. The number of anilines is 1. The van der Waals surface area contributed by atoms with Crippen molar-refractivity contribution < 1.29 is 5.11 Å². The van der Waals surface area contributed by atoms with Gasteiger partial charge in [-0.05, 0) is 37.4 Å². The van der Waals surface area contributed by atoms with E-state index in [9.17, 15) is 5.11 Å². The molecule has 0 saturated carbocycles. The Morgan fingerprint density at radius 2 is 2.19 bits per heavy atom. The van der Waals surface area contributed by atoms with E-state index < -0.39 is 5.60 Å². The summed E-state index contributed by atoms with van der Waals surface area (Å²) in [7, 11) is 0. The van der Waals surface area contributed by atoms with Gasteiger partial charge in [0.2, 0.25) is 0 Å². The first kappa shape index (κ1) is 11.2. The molecule has 0 aliphatic heterocycles. The lowest BCUT2D eigenvalue weighted by Crippen LogP contribution is -2.29. The highest BCUT2D eigenvalue weighted by atomic mass is 16.3. The van der Waals surface area contributed by atoms with Gasteiger partial charge in [0.05, 0.1) is 5.60 Å². The largest absolute Gasteiger partial charge is 0.398 e. The van der Waals surface area contributed by atoms with Crippen LogP contribution < -0.4 is 11.5 Å². The van der Waals surface area contributed by atoms with Crippen LogP contribution in [0.5, 0.6) is 0 Å². The van der Waals surface area contributed by atoms with Gasteiger partial charge in [-0.2, -0.15) is 0 Å². The smallest absolute Gasteiger partial charge is 0.0937 e. The fourth-order valence-corrected chi connectivity index (χ4v) is 2.29. The van der Waals surface area contributed by atoms with Crippen LogP contribution in [0.1, 0.15) is 30.4 Å². The van der Waals surface area contributed by atoms with Crippen LogP contribution in [0.25, 0.3) is 6.08 Å². The number of hydrogen-bond acceptors (Lipinski definition) is 3. The van der Waals surface area contributed by atoms with Crippen LogP contribution in [0.2, 0.25) is 0 Å². The van der Waals surface area contributed by atoms with Gasteiger partial charge in [0.1, 0.15) is 0 Å². The number of aliphatic hydroxyl groups is 1. The minimum Gasteiger partial charge on any atom is -0.398 e. The predicted octanol–water partition coefficient (Wildman–Crippen LogP) is 1.61. The average molecular weight is 218 g/mol. The van der Waals surface area contributed by atoms with Crippen molar-refractivity contribution >= 4 is 11.8 Å². The maximum atomic E-state index is 10.6. The van der Waals surface area contributed by atoms with E-state index in [1.165, 1.54) is 0 Å². The van der Waals surface area contributed by atoms with Gasteiger partial charge in [0.25, 0.3) is 0 Å². The molecule has 0 spiro atoms. The molecule has 1 unspecified atom stereocenters. The SMILES string of the molecule is NCCCC1(O)CC=Cc2c(N)cccc21. The molecule has 1 aromatic carbocycles. The Labute approximate surface area is 95.8 Å².